The summed E-state index contributed by atoms with van der Waals surface area (Å²) in [5.41, 5.74) is 0. The molecule has 0 bridgehead atoms. The number of likely N-dealkylation sites (N-methyl/N-ethyl adjacent to an activating group) is 1. The Bertz CT molecular complexity index is 500. The number of rotatable bonds is 5. The van der Waals surface area contributed by atoms with E-state index in [4.69, 9.17) is 4.42 Å². The molecule has 1 aliphatic heterocycles. The van der Waals surface area contributed by atoms with E-state index in [0.29, 0.717) is 18.8 Å². The Kier molecular flexibility index (Phi) is 7.37. The molecule has 1 aromatic rings. The van der Waals surface area contributed by atoms with Crippen molar-refractivity contribution in [1.82, 2.24) is 15.1 Å². The maximum atomic E-state index is 12.1. The smallest absolute Gasteiger partial charge is 0.373 e. The fourth-order valence-electron chi connectivity index (χ4n) is 2.24. The molecule has 0 aromatic carbocycles. The van der Waals surface area contributed by atoms with Gasteiger partial charge in [-0.15, -0.1) is 12.4 Å². The molecule has 1 N–H and O–H groups in total. The number of amides is 1. The number of esters is 1. The Morgan fingerprint density at radius 3 is 2.68 bits per heavy atom. The minimum absolute atomic E-state index is 0. The second kappa shape index (κ2) is 8.77. The lowest BCUT2D eigenvalue weighted by molar-refractivity contribution is -0.132. The van der Waals surface area contributed by atoms with Crippen LogP contribution < -0.4 is 5.32 Å². The number of furan rings is 1. The minimum Gasteiger partial charge on any atom is -0.463 e. The molecule has 0 unspecified atom stereocenters. The minimum atomic E-state index is -0.499. The van der Waals surface area contributed by atoms with Crippen LogP contribution in [0.2, 0.25) is 0 Å². The summed E-state index contributed by atoms with van der Waals surface area (Å²) in [5.74, 6) is 0.417. The summed E-state index contributed by atoms with van der Waals surface area (Å²) < 4.78 is 9.97. The van der Waals surface area contributed by atoms with Gasteiger partial charge in [0.1, 0.15) is 5.76 Å². The molecule has 22 heavy (non-hydrogen) atoms. The van der Waals surface area contributed by atoms with Crippen molar-refractivity contribution in [2.24, 2.45) is 0 Å². The molecule has 2 rings (SSSR count). The lowest BCUT2D eigenvalue weighted by Gasteiger charge is -2.29. The molecule has 1 aliphatic rings. The first-order valence-corrected chi connectivity index (χ1v) is 6.94. The van der Waals surface area contributed by atoms with Gasteiger partial charge in [-0.05, 0) is 19.2 Å². The van der Waals surface area contributed by atoms with Gasteiger partial charge in [-0.25, -0.2) is 4.79 Å². The molecule has 0 saturated carbocycles. The van der Waals surface area contributed by atoms with Crippen LogP contribution in [0.15, 0.2) is 16.5 Å². The number of halogens is 1. The van der Waals surface area contributed by atoms with E-state index in [9.17, 15) is 9.59 Å². The zero-order valence-corrected chi connectivity index (χ0v) is 13.6. The number of methoxy groups -OCH3 is 1. The Balaban J connectivity index is 0.00000242. The second-order valence-electron chi connectivity index (χ2n) is 5.06. The molecule has 124 valence electrons. The summed E-state index contributed by atoms with van der Waals surface area (Å²) in [4.78, 5) is 27.1. The number of carbonyl (C=O) groups excluding carboxylic acids is 2. The number of carbonyl (C=O) groups is 2. The number of nitrogens with one attached hydrogen (secondary N) is 1. The fraction of sp³-hybridized carbons (Fsp3) is 0.571. The molecule has 1 saturated heterocycles. The third kappa shape index (κ3) is 5.01. The molecule has 0 radical (unpaired) electrons. The average molecular weight is 332 g/mol. The molecule has 1 fully saturated rings. The van der Waals surface area contributed by atoms with Crippen molar-refractivity contribution in [3.05, 3.63) is 23.7 Å². The Labute approximate surface area is 136 Å². The zero-order valence-electron chi connectivity index (χ0n) is 12.8. The van der Waals surface area contributed by atoms with Crippen molar-refractivity contribution >= 4 is 24.3 Å². The zero-order chi connectivity index (χ0) is 15.2. The van der Waals surface area contributed by atoms with Gasteiger partial charge in [0.2, 0.25) is 11.7 Å². The van der Waals surface area contributed by atoms with Crippen molar-refractivity contribution in [1.29, 1.82) is 0 Å². The van der Waals surface area contributed by atoms with E-state index in [0.717, 1.165) is 26.2 Å². The van der Waals surface area contributed by atoms with Crippen molar-refractivity contribution in [3.8, 4) is 0 Å². The van der Waals surface area contributed by atoms with Crippen LogP contribution in [0.1, 0.15) is 16.3 Å². The maximum Gasteiger partial charge on any atom is 0.373 e. The predicted molar refractivity (Wildman–Crippen MR) is 83.1 cm³/mol. The normalized spacial score (nSPS) is 14.6. The van der Waals surface area contributed by atoms with Crippen molar-refractivity contribution in [3.63, 3.8) is 0 Å². The highest BCUT2D eigenvalue weighted by Gasteiger charge is 2.18. The SMILES string of the molecule is COC(=O)c1ccc(CN(C)CC(=O)N2CCNCC2)o1.Cl. The van der Waals surface area contributed by atoms with E-state index in [1.165, 1.54) is 7.11 Å². The highest BCUT2D eigenvalue weighted by molar-refractivity contribution is 5.86. The summed E-state index contributed by atoms with van der Waals surface area (Å²) in [5, 5.41) is 3.22. The van der Waals surface area contributed by atoms with Crippen LogP contribution in [0.5, 0.6) is 0 Å². The third-order valence-corrected chi connectivity index (χ3v) is 3.35. The lowest BCUT2D eigenvalue weighted by atomic mass is 10.3. The first-order valence-electron chi connectivity index (χ1n) is 6.94. The first kappa shape index (κ1) is 18.5. The topological polar surface area (TPSA) is 75.0 Å². The summed E-state index contributed by atoms with van der Waals surface area (Å²) in [6.45, 7) is 3.98. The van der Waals surface area contributed by atoms with Crippen LogP contribution in [0, 0.1) is 0 Å². The largest absolute Gasteiger partial charge is 0.463 e. The lowest BCUT2D eigenvalue weighted by Crippen LogP contribution is -2.49. The highest BCUT2D eigenvalue weighted by atomic mass is 35.5. The van der Waals surface area contributed by atoms with E-state index in [1.54, 1.807) is 12.1 Å². The molecule has 7 nitrogen and oxygen atoms in total. The Hall–Kier alpha value is -1.57. The van der Waals surface area contributed by atoms with Crippen LogP contribution in [-0.4, -0.2) is 68.6 Å². The number of piperazine rings is 1. The van der Waals surface area contributed by atoms with E-state index >= 15 is 0 Å². The quantitative estimate of drug-likeness (QED) is 0.785. The van der Waals surface area contributed by atoms with E-state index in [-0.39, 0.29) is 24.1 Å². The molecule has 1 aromatic heterocycles. The van der Waals surface area contributed by atoms with Gasteiger partial charge in [0.15, 0.2) is 0 Å². The molecule has 2 heterocycles. The van der Waals surface area contributed by atoms with E-state index in [2.05, 4.69) is 10.1 Å². The monoisotopic (exact) mass is 331 g/mol. The summed E-state index contributed by atoms with van der Waals surface area (Å²) in [7, 11) is 3.16. The summed E-state index contributed by atoms with van der Waals surface area (Å²) >= 11 is 0. The van der Waals surface area contributed by atoms with E-state index in [1.807, 2.05) is 16.8 Å². The standard InChI is InChI=1S/C14H21N3O4.ClH/c1-16(10-13(18)17-7-5-15-6-8-17)9-11-3-4-12(21-11)14(19)20-2;/h3-4,15H,5-10H2,1-2H3;1H. The molecule has 0 spiro atoms. The van der Waals surface area contributed by atoms with E-state index < -0.39 is 5.97 Å². The van der Waals surface area contributed by atoms with Crippen LogP contribution in [-0.2, 0) is 16.1 Å². The second-order valence-corrected chi connectivity index (χ2v) is 5.06. The van der Waals surface area contributed by atoms with Gasteiger partial charge in [-0.2, -0.15) is 0 Å². The molecular formula is C14H22ClN3O4. The van der Waals surface area contributed by atoms with Crippen LogP contribution in [0.25, 0.3) is 0 Å². The van der Waals surface area contributed by atoms with Crippen LogP contribution >= 0.6 is 12.4 Å². The Morgan fingerprint density at radius 1 is 1.36 bits per heavy atom. The predicted octanol–water partition coefficient (Wildman–Crippen LogP) is 0.352. The molecule has 0 aliphatic carbocycles. The number of hydrogen-bond acceptors (Lipinski definition) is 6. The van der Waals surface area contributed by atoms with Gasteiger partial charge in [0.25, 0.3) is 0 Å². The summed E-state index contributed by atoms with van der Waals surface area (Å²) in [6, 6.07) is 3.30. The number of hydrogen-bond donors (Lipinski definition) is 1. The molecule has 8 heteroatoms. The van der Waals surface area contributed by atoms with Gasteiger partial charge < -0.3 is 19.4 Å². The Morgan fingerprint density at radius 2 is 2.05 bits per heavy atom. The molecular weight excluding hydrogens is 310 g/mol. The average Bonchev–Trinajstić information content (AvgIpc) is 2.95. The fourth-order valence-corrected chi connectivity index (χ4v) is 2.24. The van der Waals surface area contributed by atoms with Gasteiger partial charge in [-0.1, -0.05) is 0 Å². The molecule has 1 amide bonds. The van der Waals surface area contributed by atoms with Crippen molar-refractivity contribution in [2.45, 2.75) is 6.54 Å². The molecule has 0 atom stereocenters. The highest BCUT2D eigenvalue weighted by Crippen LogP contribution is 2.11. The van der Waals surface area contributed by atoms with Gasteiger partial charge >= 0.3 is 5.97 Å². The third-order valence-electron chi connectivity index (χ3n) is 3.35. The van der Waals surface area contributed by atoms with Crippen molar-refractivity contribution in [2.75, 3.05) is 46.9 Å². The first-order chi connectivity index (χ1) is 10.1. The van der Waals surface area contributed by atoms with Crippen molar-refractivity contribution < 1.29 is 18.7 Å². The van der Waals surface area contributed by atoms with Gasteiger partial charge in [0.05, 0.1) is 20.2 Å². The number of nitrogens with zero attached hydrogens (tertiary/aromatic N) is 2. The summed E-state index contributed by atoms with van der Waals surface area (Å²) in [6.07, 6.45) is 0. The maximum absolute atomic E-state index is 12.1. The van der Waals surface area contributed by atoms with Gasteiger partial charge in [0, 0.05) is 26.2 Å². The van der Waals surface area contributed by atoms with Gasteiger partial charge in [-0.3, -0.25) is 9.69 Å². The van der Waals surface area contributed by atoms with Crippen LogP contribution in [0.3, 0.4) is 0 Å². The number of ether oxygens (including phenoxy) is 1. The van der Waals surface area contributed by atoms with Crippen LogP contribution in [0.4, 0.5) is 0 Å².